The monoisotopic (exact) mass is 624 g/mol. The molecule has 3 aliphatic rings. The van der Waals surface area contributed by atoms with E-state index >= 15 is 0 Å². The number of hydrogen-bond donors (Lipinski definition) is 2. The van der Waals surface area contributed by atoms with Gasteiger partial charge in [0.25, 0.3) is 0 Å². The third-order valence-electron chi connectivity index (χ3n) is 11.4. The molecule has 1 unspecified atom stereocenters. The predicted molar refractivity (Wildman–Crippen MR) is 195 cm³/mol. The summed E-state index contributed by atoms with van der Waals surface area (Å²) in [5, 5.41) is 20.5. The molecule has 234 valence electrons. The van der Waals surface area contributed by atoms with E-state index in [2.05, 4.69) is 131 Å². The van der Waals surface area contributed by atoms with Crippen molar-refractivity contribution in [2.24, 2.45) is 0 Å². The zero-order valence-electron chi connectivity index (χ0n) is 27.7. The number of fused-ring (bicyclic) bond motifs is 8. The molecular formula is C44H37BO3. The Labute approximate surface area is 282 Å². The van der Waals surface area contributed by atoms with Crippen LogP contribution in [0.1, 0.15) is 72.6 Å². The average molecular weight is 625 g/mol. The largest absolute Gasteiger partial charge is 0.492 e. The van der Waals surface area contributed by atoms with Gasteiger partial charge in [0.1, 0.15) is 11.5 Å². The predicted octanol–water partition coefficient (Wildman–Crippen LogP) is 9.13. The molecule has 2 aliphatic carbocycles. The van der Waals surface area contributed by atoms with E-state index in [1.165, 1.54) is 50.1 Å². The first kappa shape index (κ1) is 29.3. The molecule has 1 aliphatic heterocycles. The van der Waals surface area contributed by atoms with Crippen LogP contribution in [-0.4, -0.2) is 17.2 Å². The third-order valence-corrected chi connectivity index (χ3v) is 11.4. The highest BCUT2D eigenvalue weighted by Gasteiger charge is 2.40. The van der Waals surface area contributed by atoms with Crippen molar-refractivity contribution in [1.29, 1.82) is 0 Å². The molecule has 48 heavy (non-hydrogen) atoms. The molecule has 0 fully saturated rings. The zero-order chi connectivity index (χ0) is 32.9. The van der Waals surface area contributed by atoms with Gasteiger partial charge in [0.05, 0.1) is 0 Å². The van der Waals surface area contributed by atoms with Crippen LogP contribution in [0.4, 0.5) is 0 Å². The lowest BCUT2D eigenvalue weighted by molar-refractivity contribution is 0.406. The van der Waals surface area contributed by atoms with E-state index in [1.807, 2.05) is 12.1 Å². The second-order valence-corrected chi connectivity index (χ2v) is 14.7. The molecule has 0 radical (unpaired) electrons. The molecule has 1 atom stereocenters. The summed E-state index contributed by atoms with van der Waals surface area (Å²) in [6.45, 7) is 9.07. The van der Waals surface area contributed by atoms with Crippen molar-refractivity contribution in [2.75, 3.05) is 0 Å². The molecule has 6 aromatic rings. The summed E-state index contributed by atoms with van der Waals surface area (Å²) in [6.07, 6.45) is 0.951. The fraction of sp³-hybridized carbons (Fsp3) is 0.182. The van der Waals surface area contributed by atoms with E-state index in [0.717, 1.165) is 34.4 Å². The summed E-state index contributed by atoms with van der Waals surface area (Å²) in [7, 11) is -1.63. The molecule has 0 amide bonds. The minimum atomic E-state index is -1.63. The fourth-order valence-corrected chi connectivity index (χ4v) is 8.76. The van der Waals surface area contributed by atoms with Crippen molar-refractivity contribution < 1.29 is 14.8 Å². The van der Waals surface area contributed by atoms with Crippen LogP contribution in [0.15, 0.2) is 121 Å². The number of ether oxygens (including phenoxy) is 1. The minimum Gasteiger partial charge on any atom is -0.456 e. The van der Waals surface area contributed by atoms with Gasteiger partial charge >= 0.3 is 7.12 Å². The minimum absolute atomic E-state index is 0.0597. The SMILES string of the molecule is CC1(C)c2ccccc2-c2cc3c(cc21)CC(c1ccccc1)c1ccc(-c2cccc4c2Oc2c(B(O)O)cccc2C4(C)C)cc1-3. The normalized spacial score (nSPS) is 17.2. The van der Waals surface area contributed by atoms with Crippen molar-refractivity contribution >= 4 is 12.6 Å². The maximum Gasteiger partial charge on any atom is 0.492 e. The van der Waals surface area contributed by atoms with Gasteiger partial charge in [-0.05, 0) is 74.2 Å². The van der Waals surface area contributed by atoms with Crippen LogP contribution in [0, 0.1) is 0 Å². The molecule has 0 spiro atoms. The summed E-state index contributed by atoms with van der Waals surface area (Å²) in [6, 6.07) is 43.6. The van der Waals surface area contributed by atoms with Crippen molar-refractivity contribution in [2.45, 2.75) is 50.9 Å². The standard InChI is InChI=1S/C44H37BO3/c1-43(2)36-16-9-8-14-31(36)35-25-33-28(24-39(35)43)23-32(26-12-6-5-7-13-26)30-21-20-27(22-34(30)33)29-15-10-17-37-41(29)48-42-38(44(37,3)4)18-11-19-40(42)45(46)47/h5-22,24-25,32,46-47H,23H2,1-4H3. The molecule has 3 nitrogen and oxygen atoms in total. The van der Waals surface area contributed by atoms with Crippen LogP contribution in [-0.2, 0) is 17.3 Å². The number of rotatable bonds is 3. The first-order valence-electron chi connectivity index (χ1n) is 16.9. The van der Waals surface area contributed by atoms with Gasteiger partial charge in [-0.2, -0.15) is 0 Å². The quantitative estimate of drug-likeness (QED) is 0.193. The molecule has 0 saturated heterocycles. The highest BCUT2D eigenvalue weighted by molar-refractivity contribution is 6.59. The van der Waals surface area contributed by atoms with Gasteiger partial charge in [0.15, 0.2) is 0 Å². The lowest BCUT2D eigenvalue weighted by Crippen LogP contribution is -2.35. The molecule has 0 bridgehead atoms. The van der Waals surface area contributed by atoms with E-state index in [4.69, 9.17) is 4.74 Å². The van der Waals surface area contributed by atoms with E-state index in [9.17, 15) is 10.0 Å². The molecule has 4 heteroatoms. The zero-order valence-corrected chi connectivity index (χ0v) is 27.7. The summed E-state index contributed by atoms with van der Waals surface area (Å²) < 4.78 is 6.70. The molecule has 0 aromatic heterocycles. The van der Waals surface area contributed by atoms with Crippen LogP contribution in [0.2, 0.25) is 0 Å². The smallest absolute Gasteiger partial charge is 0.456 e. The van der Waals surface area contributed by atoms with E-state index in [0.29, 0.717) is 11.2 Å². The van der Waals surface area contributed by atoms with Crippen molar-refractivity contribution in [3.05, 3.63) is 160 Å². The van der Waals surface area contributed by atoms with Crippen LogP contribution < -0.4 is 10.2 Å². The highest BCUT2D eigenvalue weighted by atomic mass is 16.5. The fourth-order valence-electron chi connectivity index (χ4n) is 8.76. The first-order chi connectivity index (χ1) is 23.1. The molecule has 2 N–H and O–H groups in total. The number of hydrogen-bond acceptors (Lipinski definition) is 3. The Kier molecular flexibility index (Phi) is 6.28. The van der Waals surface area contributed by atoms with Gasteiger partial charge in [0, 0.05) is 38.9 Å². The van der Waals surface area contributed by atoms with Crippen molar-refractivity contribution in [3.63, 3.8) is 0 Å². The summed E-state index contributed by atoms with van der Waals surface area (Å²) in [5.41, 5.74) is 16.1. The van der Waals surface area contributed by atoms with Crippen molar-refractivity contribution in [3.8, 4) is 44.9 Å². The second-order valence-electron chi connectivity index (χ2n) is 14.7. The molecule has 6 aromatic carbocycles. The molecule has 1 heterocycles. The number of para-hydroxylation sites is 2. The molecular weight excluding hydrogens is 587 g/mol. The Morgan fingerprint density at radius 3 is 2.02 bits per heavy atom. The van der Waals surface area contributed by atoms with Gasteiger partial charge < -0.3 is 14.8 Å². The average Bonchev–Trinajstić information content (AvgIpc) is 3.32. The highest BCUT2D eigenvalue weighted by Crippen LogP contribution is 2.55. The van der Waals surface area contributed by atoms with E-state index in [-0.39, 0.29) is 11.3 Å². The van der Waals surface area contributed by atoms with Crippen LogP contribution in [0.5, 0.6) is 11.5 Å². The Morgan fingerprint density at radius 1 is 0.562 bits per heavy atom. The first-order valence-corrected chi connectivity index (χ1v) is 16.9. The summed E-state index contributed by atoms with van der Waals surface area (Å²) >= 11 is 0. The lowest BCUT2D eigenvalue weighted by Gasteiger charge is -2.36. The molecule has 0 saturated carbocycles. The second kappa shape index (κ2) is 10.3. The Balaban J connectivity index is 1.26. The Hall–Kier alpha value is -4.90. The summed E-state index contributed by atoms with van der Waals surface area (Å²) in [5.74, 6) is 1.54. The van der Waals surface area contributed by atoms with Crippen LogP contribution in [0.3, 0.4) is 0 Å². The Bertz CT molecular complexity index is 2280. The molecule has 9 rings (SSSR count). The van der Waals surface area contributed by atoms with Gasteiger partial charge in [-0.25, -0.2) is 0 Å². The van der Waals surface area contributed by atoms with E-state index < -0.39 is 12.5 Å². The van der Waals surface area contributed by atoms with Crippen molar-refractivity contribution in [1.82, 2.24) is 0 Å². The van der Waals surface area contributed by atoms with Crippen LogP contribution in [0.25, 0.3) is 33.4 Å². The number of benzene rings is 6. The maximum atomic E-state index is 10.3. The van der Waals surface area contributed by atoms with Gasteiger partial charge in [-0.15, -0.1) is 0 Å². The third kappa shape index (κ3) is 4.09. The van der Waals surface area contributed by atoms with Gasteiger partial charge in [-0.1, -0.05) is 137 Å². The Morgan fingerprint density at radius 2 is 1.23 bits per heavy atom. The summed E-state index contributed by atoms with van der Waals surface area (Å²) in [4.78, 5) is 0. The lowest BCUT2D eigenvalue weighted by atomic mass is 9.70. The van der Waals surface area contributed by atoms with Gasteiger partial charge in [0.2, 0.25) is 0 Å². The van der Waals surface area contributed by atoms with E-state index in [1.54, 1.807) is 6.07 Å². The van der Waals surface area contributed by atoms with Gasteiger partial charge in [-0.3, -0.25) is 0 Å². The maximum absolute atomic E-state index is 10.3. The van der Waals surface area contributed by atoms with Crippen LogP contribution >= 0.6 is 0 Å². The topological polar surface area (TPSA) is 49.7 Å².